The SMILES string of the molecule is CCCCCCC[CH2][Ge]([CH2]CCCCCCC)([c]1ccccc1)[c]1ccccc1. The maximum absolute atomic E-state index is 2.46. The number of rotatable bonds is 16. The second-order valence-corrected chi connectivity index (χ2v) is 17.9. The Balaban J connectivity index is 2.13. The standard InChI is InChI=1S/C28H44Ge/c1-3-5-7-9-11-19-25-29(27-21-15-13-16-22-27,28-23-17-14-18-24-28)26-20-12-10-8-6-4-2/h13-18,21-24H,3-12,19-20,25-26H2,1-2H3. The molecule has 0 fully saturated rings. The molecule has 0 heterocycles. The molecule has 1 heteroatoms. The molecule has 29 heavy (non-hydrogen) atoms. The van der Waals surface area contributed by atoms with Gasteiger partial charge in [0, 0.05) is 0 Å². The van der Waals surface area contributed by atoms with E-state index in [-0.39, 0.29) is 0 Å². The molecule has 0 N–H and O–H groups in total. The van der Waals surface area contributed by atoms with Crippen molar-refractivity contribution in [1.29, 1.82) is 0 Å². The molecule has 0 aliphatic rings. The Kier molecular flexibility index (Phi) is 12.4. The van der Waals surface area contributed by atoms with Gasteiger partial charge in [-0.2, -0.15) is 0 Å². The van der Waals surface area contributed by atoms with Crippen LogP contribution in [0.15, 0.2) is 60.7 Å². The van der Waals surface area contributed by atoms with Gasteiger partial charge in [0.05, 0.1) is 0 Å². The molecule has 2 rings (SSSR count). The van der Waals surface area contributed by atoms with E-state index >= 15 is 0 Å². The average Bonchev–Trinajstić information content (AvgIpc) is 2.78. The molecule has 0 amide bonds. The molecule has 0 bridgehead atoms. The van der Waals surface area contributed by atoms with E-state index in [4.69, 9.17) is 0 Å². The predicted octanol–water partition coefficient (Wildman–Crippen LogP) is 7.97. The molecule has 0 saturated carbocycles. The summed E-state index contributed by atoms with van der Waals surface area (Å²) in [5.74, 6) is 0. The van der Waals surface area contributed by atoms with Gasteiger partial charge in [-0.3, -0.25) is 0 Å². The van der Waals surface area contributed by atoms with E-state index in [1.54, 1.807) is 8.79 Å². The van der Waals surface area contributed by atoms with E-state index in [2.05, 4.69) is 74.5 Å². The van der Waals surface area contributed by atoms with E-state index < -0.39 is 13.3 Å². The first kappa shape index (κ1) is 24.3. The molecule has 160 valence electrons. The van der Waals surface area contributed by atoms with Crippen LogP contribution in [-0.4, -0.2) is 13.3 Å². The van der Waals surface area contributed by atoms with Gasteiger partial charge in [-0.1, -0.05) is 0 Å². The fourth-order valence-corrected chi connectivity index (χ4v) is 15.5. The quantitative estimate of drug-likeness (QED) is 0.179. The number of benzene rings is 2. The molecule has 0 saturated heterocycles. The predicted molar refractivity (Wildman–Crippen MR) is 134 cm³/mol. The van der Waals surface area contributed by atoms with Gasteiger partial charge in [0.15, 0.2) is 0 Å². The van der Waals surface area contributed by atoms with E-state index in [1.807, 2.05) is 0 Å². The fraction of sp³-hybridized carbons (Fsp3) is 0.571. The molecule has 2 aromatic rings. The summed E-state index contributed by atoms with van der Waals surface area (Å²) in [6.07, 6.45) is 16.9. The van der Waals surface area contributed by atoms with Gasteiger partial charge in [-0.15, -0.1) is 0 Å². The summed E-state index contributed by atoms with van der Waals surface area (Å²) in [5.41, 5.74) is 0. The Morgan fingerprint density at radius 1 is 0.448 bits per heavy atom. The first-order valence-electron chi connectivity index (χ1n) is 12.4. The van der Waals surface area contributed by atoms with Crippen LogP contribution in [0, 0.1) is 0 Å². The van der Waals surface area contributed by atoms with Crippen molar-refractivity contribution in [2.75, 3.05) is 0 Å². The van der Waals surface area contributed by atoms with Gasteiger partial charge in [0.25, 0.3) is 0 Å². The topological polar surface area (TPSA) is 0 Å². The van der Waals surface area contributed by atoms with Gasteiger partial charge >= 0.3 is 184 Å². The number of unbranched alkanes of at least 4 members (excludes halogenated alkanes) is 10. The molecule has 2 aromatic carbocycles. The molecule has 0 aromatic heterocycles. The van der Waals surface area contributed by atoms with E-state index in [0.29, 0.717) is 0 Å². The van der Waals surface area contributed by atoms with Crippen LogP contribution in [0.25, 0.3) is 0 Å². The Bertz CT molecular complexity index is 562. The van der Waals surface area contributed by atoms with Crippen LogP contribution in [0.4, 0.5) is 0 Å². The van der Waals surface area contributed by atoms with Crippen molar-refractivity contribution in [3.05, 3.63) is 60.7 Å². The Labute approximate surface area is 183 Å². The molecular formula is C28H44Ge. The average molecular weight is 453 g/mol. The molecule has 0 aliphatic heterocycles. The molecule has 0 radical (unpaired) electrons. The van der Waals surface area contributed by atoms with Crippen molar-refractivity contribution >= 4 is 22.1 Å². The van der Waals surface area contributed by atoms with Crippen LogP contribution in [0.5, 0.6) is 0 Å². The monoisotopic (exact) mass is 454 g/mol. The minimum atomic E-state index is -2.34. The third kappa shape index (κ3) is 8.32. The molecule has 0 unspecified atom stereocenters. The van der Waals surface area contributed by atoms with Crippen molar-refractivity contribution in [2.24, 2.45) is 0 Å². The first-order chi connectivity index (χ1) is 14.3. The normalized spacial score (nSPS) is 11.7. The molecule has 0 spiro atoms. The van der Waals surface area contributed by atoms with Gasteiger partial charge in [-0.05, 0) is 0 Å². The second-order valence-electron chi connectivity index (χ2n) is 8.85. The van der Waals surface area contributed by atoms with Crippen molar-refractivity contribution in [3.8, 4) is 0 Å². The Morgan fingerprint density at radius 2 is 0.793 bits per heavy atom. The summed E-state index contributed by atoms with van der Waals surface area (Å²) < 4.78 is 3.42. The van der Waals surface area contributed by atoms with Gasteiger partial charge in [-0.25, -0.2) is 0 Å². The summed E-state index contributed by atoms with van der Waals surface area (Å²) in [4.78, 5) is 0. The van der Waals surface area contributed by atoms with Gasteiger partial charge < -0.3 is 0 Å². The maximum atomic E-state index is 2.46. The summed E-state index contributed by atoms with van der Waals surface area (Å²) in [6.45, 7) is 4.62. The van der Waals surface area contributed by atoms with Crippen molar-refractivity contribution in [3.63, 3.8) is 0 Å². The Hall–Kier alpha value is -1.02. The summed E-state index contributed by atoms with van der Waals surface area (Å²) in [7, 11) is 0. The van der Waals surface area contributed by atoms with Crippen molar-refractivity contribution in [1.82, 2.24) is 0 Å². The fourth-order valence-electron chi connectivity index (χ4n) is 4.80. The van der Waals surface area contributed by atoms with Crippen LogP contribution in [0.1, 0.15) is 90.9 Å². The van der Waals surface area contributed by atoms with Crippen LogP contribution >= 0.6 is 0 Å². The zero-order valence-electron chi connectivity index (χ0n) is 19.2. The minimum absolute atomic E-state index is 1.34. The van der Waals surface area contributed by atoms with Crippen LogP contribution in [0.2, 0.25) is 10.5 Å². The molecule has 0 aliphatic carbocycles. The molecule has 0 atom stereocenters. The number of hydrogen-bond acceptors (Lipinski definition) is 0. The van der Waals surface area contributed by atoms with E-state index in [0.717, 1.165) is 0 Å². The summed E-state index contributed by atoms with van der Waals surface area (Å²) >= 11 is -2.34. The van der Waals surface area contributed by atoms with Crippen LogP contribution < -0.4 is 8.79 Å². The van der Waals surface area contributed by atoms with E-state index in [9.17, 15) is 0 Å². The number of hydrogen-bond donors (Lipinski definition) is 0. The second kappa shape index (κ2) is 14.9. The first-order valence-corrected chi connectivity index (χ1v) is 17.5. The van der Waals surface area contributed by atoms with Gasteiger partial charge in [0.2, 0.25) is 0 Å². The van der Waals surface area contributed by atoms with Gasteiger partial charge in [0.1, 0.15) is 0 Å². The molecular weight excluding hydrogens is 409 g/mol. The zero-order chi connectivity index (χ0) is 20.6. The van der Waals surface area contributed by atoms with Crippen LogP contribution in [-0.2, 0) is 0 Å². The Morgan fingerprint density at radius 3 is 1.17 bits per heavy atom. The van der Waals surface area contributed by atoms with Crippen molar-refractivity contribution in [2.45, 2.75) is 101 Å². The third-order valence-corrected chi connectivity index (χ3v) is 17.7. The van der Waals surface area contributed by atoms with Crippen molar-refractivity contribution < 1.29 is 0 Å². The zero-order valence-corrected chi connectivity index (χ0v) is 21.3. The summed E-state index contributed by atoms with van der Waals surface area (Å²) in [5, 5.41) is 2.93. The summed E-state index contributed by atoms with van der Waals surface area (Å²) in [6, 6.07) is 23.3. The third-order valence-electron chi connectivity index (χ3n) is 6.57. The van der Waals surface area contributed by atoms with Crippen LogP contribution in [0.3, 0.4) is 0 Å². The van der Waals surface area contributed by atoms with E-state index in [1.165, 1.54) is 87.6 Å². The molecule has 0 nitrogen and oxygen atoms in total.